The third-order valence-electron chi connectivity index (χ3n) is 6.10. The minimum atomic E-state index is -0.114. The number of fused-ring (bicyclic) bond motifs is 1. The molecule has 1 N–H and O–H groups in total. The van der Waals surface area contributed by atoms with Crippen molar-refractivity contribution in [3.63, 3.8) is 0 Å². The topological polar surface area (TPSA) is 50.7 Å². The number of para-hydroxylation sites is 1. The van der Waals surface area contributed by atoms with Crippen LogP contribution in [0.15, 0.2) is 76.2 Å². The van der Waals surface area contributed by atoms with E-state index in [0.29, 0.717) is 17.2 Å². The molecule has 4 nitrogen and oxygen atoms in total. The van der Waals surface area contributed by atoms with Crippen LogP contribution in [-0.4, -0.2) is 12.1 Å². The predicted octanol–water partition coefficient (Wildman–Crippen LogP) is 9.23. The van der Waals surface area contributed by atoms with Gasteiger partial charge in [0.1, 0.15) is 17.4 Å². The standard InChI is InChI=1S/C29H23BrClIN2O2S/c30-20-14-19(27(24(32)15-20)36-17-18-8-4-6-12-23(18)31)16-33-29-26(22-11-5-7-13-25(22)37-29)28(35)34-21-9-2-1-3-10-21/h1-4,6,8-10,12,14-16H,5,7,11,13,17H2,(H,34,35). The van der Waals surface area contributed by atoms with Crippen LogP contribution in [0.1, 0.15) is 44.8 Å². The van der Waals surface area contributed by atoms with Crippen LogP contribution >= 0.6 is 61.5 Å². The Labute approximate surface area is 247 Å². The number of carbonyl (C=O) groups excluding carboxylic acids is 1. The molecule has 0 unspecified atom stereocenters. The van der Waals surface area contributed by atoms with E-state index < -0.39 is 0 Å². The van der Waals surface area contributed by atoms with Crippen LogP contribution in [0.5, 0.6) is 5.75 Å². The number of nitrogens with one attached hydrogen (secondary N) is 1. The summed E-state index contributed by atoms with van der Waals surface area (Å²) in [4.78, 5) is 19.5. The van der Waals surface area contributed by atoms with Crippen molar-refractivity contribution in [3.8, 4) is 5.75 Å². The molecular formula is C29H23BrClIN2O2S. The van der Waals surface area contributed by atoms with E-state index in [1.807, 2.05) is 66.7 Å². The molecule has 1 aliphatic rings. The maximum absolute atomic E-state index is 13.4. The molecule has 0 fully saturated rings. The maximum atomic E-state index is 13.4. The first-order valence-corrected chi connectivity index (χ1v) is 15.0. The average Bonchev–Trinajstić information content (AvgIpc) is 3.27. The van der Waals surface area contributed by atoms with Crippen molar-refractivity contribution >= 4 is 84.3 Å². The molecule has 1 amide bonds. The molecule has 3 aromatic carbocycles. The lowest BCUT2D eigenvalue weighted by Crippen LogP contribution is -2.14. The maximum Gasteiger partial charge on any atom is 0.259 e. The zero-order valence-electron chi connectivity index (χ0n) is 19.8. The number of halogens is 3. The fraction of sp³-hybridized carbons (Fsp3) is 0.172. The quantitative estimate of drug-likeness (QED) is 0.154. The van der Waals surface area contributed by atoms with Crippen molar-refractivity contribution in [2.24, 2.45) is 4.99 Å². The van der Waals surface area contributed by atoms with Crippen LogP contribution in [0.25, 0.3) is 0 Å². The van der Waals surface area contributed by atoms with Crippen LogP contribution < -0.4 is 10.1 Å². The van der Waals surface area contributed by atoms with E-state index in [-0.39, 0.29) is 5.91 Å². The summed E-state index contributed by atoms with van der Waals surface area (Å²) in [6.45, 7) is 0.343. The van der Waals surface area contributed by atoms with E-state index >= 15 is 0 Å². The minimum Gasteiger partial charge on any atom is -0.487 e. The Kier molecular flexibility index (Phi) is 8.64. The molecule has 0 radical (unpaired) electrons. The second-order valence-electron chi connectivity index (χ2n) is 8.66. The van der Waals surface area contributed by atoms with Crippen LogP contribution in [0.2, 0.25) is 5.02 Å². The molecule has 0 bridgehead atoms. The van der Waals surface area contributed by atoms with Crippen molar-refractivity contribution in [1.82, 2.24) is 0 Å². The number of amides is 1. The Morgan fingerprint density at radius 3 is 2.68 bits per heavy atom. The molecule has 0 atom stereocenters. The molecular weight excluding hydrogens is 683 g/mol. The highest BCUT2D eigenvalue weighted by molar-refractivity contribution is 14.1. The first-order chi connectivity index (χ1) is 18.0. The number of thiophene rings is 1. The summed E-state index contributed by atoms with van der Waals surface area (Å²) in [6, 6.07) is 21.2. The van der Waals surface area contributed by atoms with Crippen LogP contribution in [0, 0.1) is 3.57 Å². The highest BCUT2D eigenvalue weighted by Gasteiger charge is 2.25. The number of hydrogen-bond donors (Lipinski definition) is 1. The van der Waals surface area contributed by atoms with Gasteiger partial charge >= 0.3 is 0 Å². The summed E-state index contributed by atoms with van der Waals surface area (Å²) in [5.41, 5.74) is 4.33. The molecule has 37 heavy (non-hydrogen) atoms. The van der Waals surface area contributed by atoms with Gasteiger partial charge in [-0.15, -0.1) is 11.3 Å². The molecule has 1 heterocycles. The first kappa shape index (κ1) is 26.4. The Morgan fingerprint density at radius 1 is 1.11 bits per heavy atom. The van der Waals surface area contributed by atoms with Gasteiger partial charge in [-0.1, -0.05) is 63.9 Å². The molecule has 4 aromatic rings. The van der Waals surface area contributed by atoms with Gasteiger partial charge < -0.3 is 10.1 Å². The van der Waals surface area contributed by atoms with Gasteiger partial charge in [-0.3, -0.25) is 4.79 Å². The lowest BCUT2D eigenvalue weighted by atomic mass is 9.95. The lowest BCUT2D eigenvalue weighted by Gasteiger charge is -2.13. The van der Waals surface area contributed by atoms with Crippen molar-refractivity contribution in [2.45, 2.75) is 32.3 Å². The summed E-state index contributed by atoms with van der Waals surface area (Å²) < 4.78 is 8.11. The summed E-state index contributed by atoms with van der Waals surface area (Å²) in [6.07, 6.45) is 5.91. The van der Waals surface area contributed by atoms with Gasteiger partial charge in [0.15, 0.2) is 0 Å². The Hall–Kier alpha value is -2.20. The fourth-order valence-electron chi connectivity index (χ4n) is 4.31. The molecule has 5 rings (SSSR count). The minimum absolute atomic E-state index is 0.114. The number of hydrogen-bond acceptors (Lipinski definition) is 4. The third-order valence-corrected chi connectivity index (χ3v) is 8.93. The van der Waals surface area contributed by atoms with Crippen LogP contribution in [-0.2, 0) is 19.4 Å². The summed E-state index contributed by atoms with van der Waals surface area (Å²) in [7, 11) is 0. The highest BCUT2D eigenvalue weighted by atomic mass is 127. The normalized spacial score (nSPS) is 12.9. The smallest absolute Gasteiger partial charge is 0.259 e. The number of aliphatic imine (C=N–C) groups is 1. The largest absolute Gasteiger partial charge is 0.487 e. The van der Waals surface area contributed by atoms with Crippen molar-refractivity contribution < 1.29 is 9.53 Å². The molecule has 1 aromatic heterocycles. The van der Waals surface area contributed by atoms with Crippen molar-refractivity contribution in [3.05, 3.63) is 107 Å². The summed E-state index contributed by atoms with van der Waals surface area (Å²) in [5.74, 6) is 0.612. The molecule has 0 saturated heterocycles. The second kappa shape index (κ2) is 12.1. The van der Waals surface area contributed by atoms with Gasteiger partial charge in [0.25, 0.3) is 5.91 Å². The molecule has 0 aliphatic heterocycles. The van der Waals surface area contributed by atoms with Crippen molar-refractivity contribution in [2.75, 3.05) is 5.32 Å². The second-order valence-corrected chi connectivity index (χ2v) is 12.2. The molecule has 0 spiro atoms. The zero-order valence-corrected chi connectivity index (χ0v) is 25.1. The fourth-order valence-corrected chi connectivity index (χ4v) is 7.44. The molecule has 0 saturated carbocycles. The van der Waals surface area contributed by atoms with Gasteiger partial charge in [0.05, 0.1) is 9.13 Å². The molecule has 1 aliphatic carbocycles. The average molecular weight is 706 g/mol. The highest BCUT2D eigenvalue weighted by Crippen LogP contribution is 2.40. The van der Waals surface area contributed by atoms with Crippen LogP contribution in [0.4, 0.5) is 10.7 Å². The summed E-state index contributed by atoms with van der Waals surface area (Å²) >= 11 is 13.8. The Morgan fingerprint density at radius 2 is 1.86 bits per heavy atom. The third kappa shape index (κ3) is 6.28. The van der Waals surface area contributed by atoms with Gasteiger partial charge in [0.2, 0.25) is 0 Å². The molecule has 8 heteroatoms. The number of nitrogens with zero attached hydrogens (tertiary/aromatic N) is 1. The van der Waals surface area contributed by atoms with E-state index in [1.54, 1.807) is 17.6 Å². The van der Waals surface area contributed by atoms with Crippen molar-refractivity contribution in [1.29, 1.82) is 0 Å². The van der Waals surface area contributed by atoms with Crippen LogP contribution in [0.3, 0.4) is 0 Å². The van der Waals surface area contributed by atoms with E-state index in [9.17, 15) is 4.79 Å². The first-order valence-electron chi connectivity index (χ1n) is 11.9. The Bertz CT molecular complexity index is 1470. The SMILES string of the molecule is O=C(Nc1ccccc1)c1c(N=Cc2cc(Br)cc(I)c2OCc2ccccc2Cl)sc2c1CCCC2. The number of carbonyl (C=O) groups is 1. The number of benzene rings is 3. The van der Waals surface area contributed by atoms with Gasteiger partial charge in [-0.2, -0.15) is 0 Å². The number of aryl methyl sites for hydroxylation is 1. The van der Waals surface area contributed by atoms with E-state index in [0.717, 1.165) is 66.9 Å². The lowest BCUT2D eigenvalue weighted by molar-refractivity contribution is 0.102. The monoisotopic (exact) mass is 704 g/mol. The zero-order chi connectivity index (χ0) is 25.8. The van der Waals surface area contributed by atoms with E-state index in [1.165, 1.54) is 4.88 Å². The van der Waals surface area contributed by atoms with Gasteiger partial charge in [-0.25, -0.2) is 4.99 Å². The molecule has 188 valence electrons. The van der Waals surface area contributed by atoms with Gasteiger partial charge in [0, 0.05) is 37.4 Å². The Balaban J connectivity index is 1.48. The predicted molar refractivity (Wildman–Crippen MR) is 165 cm³/mol. The number of rotatable bonds is 7. The number of ether oxygens (including phenoxy) is 1. The summed E-state index contributed by atoms with van der Waals surface area (Å²) in [5, 5.41) is 4.45. The van der Waals surface area contributed by atoms with Gasteiger partial charge in [-0.05, 0) is 84.2 Å². The van der Waals surface area contributed by atoms with E-state index in [2.05, 4.69) is 43.8 Å². The van der Waals surface area contributed by atoms with E-state index in [4.69, 9.17) is 21.3 Å². The number of anilines is 1.